The molecule has 0 unspecified atom stereocenters. The molecule has 2 aliphatic rings. The fourth-order valence-electron chi connectivity index (χ4n) is 4.74. The van der Waals surface area contributed by atoms with E-state index in [1.807, 2.05) is 30.5 Å². The Balaban J connectivity index is 1.18. The number of benzene rings is 1. The summed E-state index contributed by atoms with van der Waals surface area (Å²) in [6.45, 7) is 5.77. The maximum absolute atomic E-state index is 15.2. The number of aromatic amines is 1. The van der Waals surface area contributed by atoms with Crippen LogP contribution in [0.5, 0.6) is 0 Å². The highest BCUT2D eigenvalue weighted by Gasteiger charge is 2.19. The van der Waals surface area contributed by atoms with Crippen LogP contribution >= 0.6 is 0 Å². The van der Waals surface area contributed by atoms with Crippen LogP contribution in [0.25, 0.3) is 22.3 Å². The van der Waals surface area contributed by atoms with Crippen LogP contribution in [0.4, 0.5) is 22.0 Å². The molecule has 4 heterocycles. The number of hydrogen-bond donors (Lipinski definition) is 4. The van der Waals surface area contributed by atoms with Gasteiger partial charge in [0.1, 0.15) is 17.8 Å². The van der Waals surface area contributed by atoms with Crippen molar-refractivity contribution >= 4 is 28.6 Å². The standard InChI is InChI=1S/C26H30FN9/c27-23-24(31-16-32-25(23)30-14-17-2-1-3-17)19-4-5-20-21(13-19)34-26(33-20)35-22-12-18(6-7-29-22)15-36-10-8-28-9-11-36/h4-7,12-13,16-17,28H,1-3,8-11,14-15H2,(H,30,31,32)(H2,29,33,34,35). The Morgan fingerprint density at radius 1 is 1.06 bits per heavy atom. The average molecular weight is 488 g/mol. The molecule has 0 atom stereocenters. The Bertz CT molecular complexity index is 1340. The molecule has 3 aromatic heterocycles. The number of piperazine rings is 1. The number of H-pyrrole nitrogens is 1. The molecule has 0 bridgehead atoms. The molecule has 10 heteroatoms. The van der Waals surface area contributed by atoms with E-state index in [1.54, 1.807) is 0 Å². The third-order valence-corrected chi connectivity index (χ3v) is 7.01. The van der Waals surface area contributed by atoms with Gasteiger partial charge < -0.3 is 20.9 Å². The number of nitrogens with one attached hydrogen (secondary N) is 4. The van der Waals surface area contributed by atoms with E-state index in [4.69, 9.17) is 0 Å². The van der Waals surface area contributed by atoms with Gasteiger partial charge >= 0.3 is 0 Å². The Morgan fingerprint density at radius 2 is 1.94 bits per heavy atom. The van der Waals surface area contributed by atoms with Gasteiger partial charge in [-0.3, -0.25) is 4.90 Å². The van der Waals surface area contributed by atoms with E-state index in [1.165, 1.54) is 31.2 Å². The normalized spacial score (nSPS) is 16.7. The highest BCUT2D eigenvalue weighted by Crippen LogP contribution is 2.29. The zero-order chi connectivity index (χ0) is 24.3. The van der Waals surface area contributed by atoms with Gasteiger partial charge in [-0.2, -0.15) is 0 Å². The second kappa shape index (κ2) is 10.2. The third-order valence-electron chi connectivity index (χ3n) is 7.01. The molecule has 9 nitrogen and oxygen atoms in total. The first-order valence-electron chi connectivity index (χ1n) is 12.6. The maximum Gasteiger partial charge on any atom is 0.206 e. The molecular formula is C26H30FN9. The van der Waals surface area contributed by atoms with Gasteiger partial charge in [0.05, 0.1) is 11.0 Å². The van der Waals surface area contributed by atoms with Crippen molar-refractivity contribution in [3.63, 3.8) is 0 Å². The smallest absolute Gasteiger partial charge is 0.206 e. The maximum atomic E-state index is 15.2. The van der Waals surface area contributed by atoms with E-state index in [0.717, 1.165) is 56.1 Å². The predicted octanol–water partition coefficient (Wildman–Crippen LogP) is 3.91. The summed E-state index contributed by atoms with van der Waals surface area (Å²) in [6, 6.07) is 9.66. The van der Waals surface area contributed by atoms with E-state index in [9.17, 15) is 0 Å². The van der Waals surface area contributed by atoms with Gasteiger partial charge in [-0.25, -0.2) is 24.3 Å². The van der Waals surface area contributed by atoms with Crippen LogP contribution in [-0.4, -0.2) is 62.5 Å². The minimum atomic E-state index is -0.431. The minimum Gasteiger partial charge on any atom is -0.367 e. The first-order valence-corrected chi connectivity index (χ1v) is 12.6. The van der Waals surface area contributed by atoms with E-state index in [0.29, 0.717) is 17.4 Å². The zero-order valence-electron chi connectivity index (χ0n) is 20.1. The molecule has 0 amide bonds. The topological polar surface area (TPSA) is 107 Å². The number of halogens is 1. The van der Waals surface area contributed by atoms with E-state index < -0.39 is 5.82 Å². The van der Waals surface area contributed by atoms with Gasteiger partial charge in [-0.15, -0.1) is 0 Å². The molecule has 4 aromatic rings. The zero-order valence-corrected chi connectivity index (χ0v) is 20.1. The molecule has 0 radical (unpaired) electrons. The molecule has 4 N–H and O–H groups in total. The summed E-state index contributed by atoms with van der Waals surface area (Å²) in [5, 5.41) is 9.81. The van der Waals surface area contributed by atoms with Crippen LogP contribution in [0.2, 0.25) is 0 Å². The fraction of sp³-hybridized carbons (Fsp3) is 0.385. The van der Waals surface area contributed by atoms with E-state index >= 15 is 4.39 Å². The summed E-state index contributed by atoms with van der Waals surface area (Å²) in [7, 11) is 0. The highest BCUT2D eigenvalue weighted by atomic mass is 19.1. The largest absolute Gasteiger partial charge is 0.367 e. The minimum absolute atomic E-state index is 0.255. The average Bonchev–Trinajstić information content (AvgIpc) is 3.26. The van der Waals surface area contributed by atoms with Crippen molar-refractivity contribution in [2.45, 2.75) is 25.8 Å². The first kappa shape index (κ1) is 22.8. The number of pyridine rings is 1. The Hall–Kier alpha value is -3.63. The van der Waals surface area contributed by atoms with Gasteiger partial charge in [-0.1, -0.05) is 12.5 Å². The van der Waals surface area contributed by atoms with Crippen LogP contribution < -0.4 is 16.0 Å². The molecule has 6 rings (SSSR count). The van der Waals surface area contributed by atoms with E-state index in [-0.39, 0.29) is 11.5 Å². The lowest BCUT2D eigenvalue weighted by Gasteiger charge is -2.27. The molecule has 1 aliphatic heterocycles. The first-order chi connectivity index (χ1) is 17.7. The van der Waals surface area contributed by atoms with Gasteiger partial charge in [-0.05, 0) is 48.6 Å². The number of nitrogens with zero attached hydrogens (tertiary/aromatic N) is 5. The lowest BCUT2D eigenvalue weighted by molar-refractivity contribution is 0.233. The van der Waals surface area contributed by atoms with Crippen LogP contribution in [0.1, 0.15) is 24.8 Å². The number of hydrogen-bond acceptors (Lipinski definition) is 8. The number of anilines is 3. The molecule has 2 fully saturated rings. The summed E-state index contributed by atoms with van der Waals surface area (Å²) >= 11 is 0. The van der Waals surface area contributed by atoms with Crippen molar-refractivity contribution in [1.82, 2.24) is 35.1 Å². The Labute approximate surface area is 209 Å². The summed E-state index contributed by atoms with van der Waals surface area (Å²) in [5.74, 6) is 1.74. The number of fused-ring (bicyclic) bond motifs is 1. The number of rotatable bonds is 8. The second-order valence-corrected chi connectivity index (χ2v) is 9.58. The molecule has 1 aliphatic carbocycles. The van der Waals surface area contributed by atoms with Crippen molar-refractivity contribution in [2.24, 2.45) is 5.92 Å². The highest BCUT2D eigenvalue weighted by molar-refractivity contribution is 5.83. The third kappa shape index (κ3) is 5.00. The fourth-order valence-corrected chi connectivity index (χ4v) is 4.74. The Kier molecular flexibility index (Phi) is 6.44. The number of aromatic nitrogens is 5. The Morgan fingerprint density at radius 3 is 2.78 bits per heavy atom. The predicted molar refractivity (Wildman–Crippen MR) is 139 cm³/mol. The van der Waals surface area contributed by atoms with Crippen molar-refractivity contribution in [2.75, 3.05) is 43.4 Å². The van der Waals surface area contributed by atoms with E-state index in [2.05, 4.69) is 51.8 Å². The lowest BCUT2D eigenvalue weighted by atomic mass is 9.85. The lowest BCUT2D eigenvalue weighted by Crippen LogP contribution is -2.42. The van der Waals surface area contributed by atoms with Gasteiger partial charge in [0.15, 0.2) is 11.6 Å². The molecule has 1 saturated carbocycles. The number of imidazole rings is 1. The van der Waals surface area contributed by atoms with Crippen LogP contribution in [0.3, 0.4) is 0 Å². The molecular weight excluding hydrogens is 457 g/mol. The molecule has 1 saturated heterocycles. The van der Waals surface area contributed by atoms with Crippen molar-refractivity contribution in [3.8, 4) is 11.3 Å². The molecule has 0 spiro atoms. The monoisotopic (exact) mass is 487 g/mol. The molecule has 1 aromatic carbocycles. The molecule has 36 heavy (non-hydrogen) atoms. The van der Waals surface area contributed by atoms with Gasteiger partial charge in [0.2, 0.25) is 5.95 Å². The quantitative estimate of drug-likeness (QED) is 0.296. The summed E-state index contributed by atoms with van der Waals surface area (Å²) in [5.41, 5.74) is 3.70. The van der Waals surface area contributed by atoms with Crippen LogP contribution in [-0.2, 0) is 6.54 Å². The van der Waals surface area contributed by atoms with Gasteiger partial charge in [0, 0.05) is 51.0 Å². The summed E-state index contributed by atoms with van der Waals surface area (Å²) in [6.07, 6.45) is 6.85. The summed E-state index contributed by atoms with van der Waals surface area (Å²) in [4.78, 5) is 23.1. The SMILES string of the molecule is Fc1c(NCC2CCC2)ncnc1-c1ccc2nc(Nc3cc(CN4CCNCC4)ccn3)[nH]c2c1. The second-order valence-electron chi connectivity index (χ2n) is 9.58. The van der Waals surface area contributed by atoms with Crippen molar-refractivity contribution in [1.29, 1.82) is 0 Å². The van der Waals surface area contributed by atoms with Gasteiger partial charge in [0.25, 0.3) is 0 Å². The van der Waals surface area contributed by atoms with Crippen molar-refractivity contribution in [3.05, 3.63) is 54.2 Å². The van der Waals surface area contributed by atoms with Crippen molar-refractivity contribution < 1.29 is 4.39 Å². The van der Waals surface area contributed by atoms with Crippen LogP contribution in [0, 0.1) is 11.7 Å². The summed E-state index contributed by atoms with van der Waals surface area (Å²) < 4.78 is 15.2. The molecule has 186 valence electrons. The van der Waals surface area contributed by atoms with Crippen LogP contribution in [0.15, 0.2) is 42.9 Å².